The highest BCUT2D eigenvalue weighted by Gasteiger charge is 2.58. The van der Waals surface area contributed by atoms with Gasteiger partial charge in [0.15, 0.2) is 8.32 Å². The summed E-state index contributed by atoms with van der Waals surface area (Å²) in [6.07, 6.45) is 0.187. The van der Waals surface area contributed by atoms with Crippen molar-refractivity contribution in [3.63, 3.8) is 0 Å². The second kappa shape index (κ2) is 11.5. The lowest BCUT2D eigenvalue weighted by molar-refractivity contribution is -0.384. The molecule has 2 aliphatic rings. The van der Waals surface area contributed by atoms with E-state index in [1.165, 1.54) is 29.2 Å². The van der Waals surface area contributed by atoms with Crippen LogP contribution in [0.2, 0.25) is 18.1 Å². The van der Waals surface area contributed by atoms with E-state index in [9.17, 15) is 25.0 Å². The number of esters is 1. The highest BCUT2D eigenvalue weighted by atomic mass is 28.4. The average Bonchev–Trinajstić information content (AvgIpc) is 3.30. The molecule has 2 aliphatic heterocycles. The van der Waals surface area contributed by atoms with Gasteiger partial charge in [0.1, 0.15) is 12.3 Å². The Hall–Kier alpha value is -3.81. The van der Waals surface area contributed by atoms with E-state index >= 15 is 0 Å². The summed E-state index contributed by atoms with van der Waals surface area (Å²) < 4.78 is 12.2. The summed E-state index contributed by atoms with van der Waals surface area (Å²) in [5.74, 6) is -1.17. The number of ether oxygens (including phenoxy) is 1. The molecule has 0 saturated carbocycles. The van der Waals surface area contributed by atoms with Crippen molar-refractivity contribution in [2.24, 2.45) is 5.92 Å². The number of nitro benzene ring substituents is 1. The van der Waals surface area contributed by atoms with Crippen LogP contribution in [0.5, 0.6) is 0 Å². The van der Waals surface area contributed by atoms with Gasteiger partial charge in [0.25, 0.3) is 5.69 Å². The van der Waals surface area contributed by atoms with E-state index in [1.807, 2.05) is 13.0 Å². The number of carbonyl (C=O) groups is 2. The van der Waals surface area contributed by atoms with Crippen LogP contribution in [0.15, 0.2) is 54.2 Å². The van der Waals surface area contributed by atoms with Gasteiger partial charge in [-0.25, -0.2) is 4.79 Å². The average molecular weight is 548 g/mol. The minimum absolute atomic E-state index is 0.0547. The second-order valence-electron chi connectivity index (χ2n) is 10.1. The van der Waals surface area contributed by atoms with Gasteiger partial charge >= 0.3 is 5.97 Å². The highest BCUT2D eigenvalue weighted by molar-refractivity contribution is 6.73. The zero-order chi connectivity index (χ0) is 28.3. The normalized spacial score (nSPS) is 19.3. The largest absolute Gasteiger partial charge is 0.456 e. The number of β-lactam (4-membered cyclic amide) rings is 1. The number of benzene rings is 2. The van der Waals surface area contributed by atoms with Crippen molar-refractivity contribution in [1.82, 2.24) is 4.90 Å². The number of rotatable bonds is 11. The first-order chi connectivity index (χ1) is 18.7. The zero-order valence-corrected chi connectivity index (χ0v) is 23.7. The van der Waals surface area contributed by atoms with Crippen molar-refractivity contribution >= 4 is 31.5 Å². The molecule has 0 unspecified atom stereocenters. The summed E-state index contributed by atoms with van der Waals surface area (Å²) in [5, 5.41) is 20.3. The van der Waals surface area contributed by atoms with Crippen LogP contribution in [0.3, 0.4) is 0 Å². The first-order valence-corrected chi connectivity index (χ1v) is 15.9. The second-order valence-corrected chi connectivity index (χ2v) is 14.8. The smallest absolute Gasteiger partial charge is 0.355 e. The van der Waals surface area contributed by atoms with Crippen LogP contribution in [0.1, 0.15) is 50.8 Å². The fourth-order valence-corrected chi connectivity index (χ4v) is 8.61. The SMILES string of the molecule is CC[Si](CC)(CC)O[C@H](C)[C@H]1C(=O)N2C(C(=O)OCc3ccc([N+](=O)[O-])cc3)=C(c3cccc(C#N)c3)C[C@H]12. The van der Waals surface area contributed by atoms with Crippen LogP contribution < -0.4 is 0 Å². The van der Waals surface area contributed by atoms with Gasteiger partial charge in [0, 0.05) is 12.1 Å². The van der Waals surface area contributed by atoms with Crippen molar-refractivity contribution in [2.75, 3.05) is 0 Å². The minimum Gasteiger partial charge on any atom is -0.456 e. The maximum Gasteiger partial charge on any atom is 0.355 e. The maximum absolute atomic E-state index is 13.5. The number of hydrogen-bond acceptors (Lipinski definition) is 7. The molecule has 2 aromatic rings. The predicted octanol–water partition coefficient (Wildman–Crippen LogP) is 5.56. The van der Waals surface area contributed by atoms with Gasteiger partial charge < -0.3 is 14.1 Å². The number of carbonyl (C=O) groups excluding carboxylic acids is 2. The molecule has 0 N–H and O–H groups in total. The summed E-state index contributed by atoms with van der Waals surface area (Å²) in [6.45, 7) is 8.31. The van der Waals surface area contributed by atoms with Crippen LogP contribution in [-0.4, -0.2) is 42.2 Å². The molecule has 204 valence electrons. The Morgan fingerprint density at radius 2 is 1.85 bits per heavy atom. The molecule has 9 nitrogen and oxygen atoms in total. The van der Waals surface area contributed by atoms with Gasteiger partial charge in [-0.1, -0.05) is 32.9 Å². The van der Waals surface area contributed by atoms with E-state index in [0.29, 0.717) is 28.7 Å². The van der Waals surface area contributed by atoms with Gasteiger partial charge in [0.2, 0.25) is 5.91 Å². The van der Waals surface area contributed by atoms with Crippen molar-refractivity contribution in [3.05, 3.63) is 81.0 Å². The fraction of sp³-hybridized carbons (Fsp3) is 0.414. The van der Waals surface area contributed by atoms with Gasteiger partial charge in [-0.2, -0.15) is 5.26 Å². The molecule has 1 saturated heterocycles. The number of fused-ring (bicyclic) bond motifs is 1. The van der Waals surface area contributed by atoms with Crippen molar-refractivity contribution in [3.8, 4) is 6.07 Å². The molecule has 0 aliphatic carbocycles. The van der Waals surface area contributed by atoms with E-state index < -0.39 is 19.2 Å². The standard InChI is InChI=1S/C29H33N3O6Si/c1-5-39(6-2,7-3)38-19(4)26-25-16-24(22-10-8-9-21(15-22)17-30)27(31(25)28(26)33)29(34)37-18-20-11-13-23(14-12-20)32(35)36/h8-15,19,25-26H,5-7,16,18H2,1-4H3/t19-,25-,26-/m1/s1. The van der Waals surface area contributed by atoms with E-state index in [-0.39, 0.29) is 42.0 Å². The van der Waals surface area contributed by atoms with Gasteiger partial charge in [-0.05, 0) is 72.4 Å². The molecule has 3 atom stereocenters. The number of nitrogens with zero attached hydrogens (tertiary/aromatic N) is 3. The third kappa shape index (κ3) is 5.37. The Kier molecular flexibility index (Phi) is 8.33. The summed E-state index contributed by atoms with van der Waals surface area (Å²) in [4.78, 5) is 38.9. The third-order valence-electron chi connectivity index (χ3n) is 8.13. The quantitative estimate of drug-likeness (QED) is 0.119. The Balaban J connectivity index is 1.60. The molecule has 0 bridgehead atoms. The van der Waals surface area contributed by atoms with Crippen LogP contribution >= 0.6 is 0 Å². The minimum atomic E-state index is -1.95. The number of hydrogen-bond donors (Lipinski definition) is 0. The molecule has 4 rings (SSSR count). The van der Waals surface area contributed by atoms with Crippen LogP contribution in [0.25, 0.3) is 5.57 Å². The number of nitriles is 1. The summed E-state index contributed by atoms with van der Waals surface area (Å²) in [7, 11) is -1.95. The van der Waals surface area contributed by atoms with E-state index in [2.05, 4.69) is 26.8 Å². The summed E-state index contributed by atoms with van der Waals surface area (Å²) in [6, 6.07) is 17.6. The lowest BCUT2D eigenvalue weighted by Crippen LogP contribution is -2.63. The van der Waals surface area contributed by atoms with E-state index in [0.717, 1.165) is 18.1 Å². The van der Waals surface area contributed by atoms with Crippen LogP contribution in [-0.2, 0) is 25.4 Å². The Bertz CT molecular complexity index is 1340. The van der Waals surface area contributed by atoms with Gasteiger partial charge in [0.05, 0.1) is 34.6 Å². The number of non-ortho nitro benzene ring substituents is 1. The predicted molar refractivity (Wildman–Crippen MR) is 147 cm³/mol. The molecule has 2 aromatic carbocycles. The Labute approximate surface area is 229 Å². The maximum atomic E-state index is 13.5. The molecule has 39 heavy (non-hydrogen) atoms. The van der Waals surface area contributed by atoms with Gasteiger partial charge in [-0.3, -0.25) is 14.9 Å². The van der Waals surface area contributed by atoms with Crippen molar-refractivity contribution in [1.29, 1.82) is 5.26 Å². The molecular formula is C29H33N3O6Si. The molecule has 0 spiro atoms. The lowest BCUT2D eigenvalue weighted by Gasteiger charge is -2.48. The number of amides is 1. The van der Waals surface area contributed by atoms with E-state index in [1.54, 1.807) is 18.2 Å². The highest BCUT2D eigenvalue weighted by Crippen LogP contribution is 2.48. The lowest BCUT2D eigenvalue weighted by atomic mass is 9.82. The fourth-order valence-electron chi connectivity index (χ4n) is 5.68. The molecule has 10 heteroatoms. The monoisotopic (exact) mass is 547 g/mol. The topological polar surface area (TPSA) is 123 Å². The van der Waals surface area contributed by atoms with Crippen LogP contribution in [0.4, 0.5) is 5.69 Å². The molecular weight excluding hydrogens is 514 g/mol. The summed E-state index contributed by atoms with van der Waals surface area (Å²) >= 11 is 0. The third-order valence-corrected chi connectivity index (χ3v) is 12.9. The van der Waals surface area contributed by atoms with E-state index in [4.69, 9.17) is 9.16 Å². The summed E-state index contributed by atoms with van der Waals surface area (Å²) in [5.41, 5.74) is 2.55. The molecule has 0 aromatic heterocycles. The first-order valence-electron chi connectivity index (χ1n) is 13.3. The number of nitro groups is 1. The molecule has 1 fully saturated rings. The van der Waals surface area contributed by atoms with Crippen LogP contribution in [0, 0.1) is 27.4 Å². The molecule has 1 amide bonds. The first kappa shape index (κ1) is 28.2. The van der Waals surface area contributed by atoms with Crippen molar-refractivity contribution in [2.45, 2.75) is 71.0 Å². The Morgan fingerprint density at radius 1 is 1.18 bits per heavy atom. The molecule has 2 heterocycles. The Morgan fingerprint density at radius 3 is 2.44 bits per heavy atom. The van der Waals surface area contributed by atoms with Gasteiger partial charge in [-0.15, -0.1) is 0 Å². The molecule has 0 radical (unpaired) electrons. The van der Waals surface area contributed by atoms with Crippen molar-refractivity contribution < 1.29 is 23.7 Å². The zero-order valence-electron chi connectivity index (χ0n) is 22.7.